The molecule has 2 aromatic rings. The Kier molecular flexibility index (Phi) is 3.50. The zero-order valence-corrected chi connectivity index (χ0v) is 11.6. The number of fused-ring (bicyclic) bond motifs is 1. The van der Waals surface area contributed by atoms with Crippen molar-refractivity contribution in [1.29, 1.82) is 0 Å². The Morgan fingerprint density at radius 1 is 0.950 bits per heavy atom. The smallest absolute Gasteiger partial charge is 0.194 e. The van der Waals surface area contributed by atoms with E-state index in [2.05, 4.69) is 12.6 Å². The second-order valence-electron chi connectivity index (χ2n) is 5.19. The average Bonchev–Trinajstić information content (AvgIpc) is 2.43. The van der Waals surface area contributed by atoms with Crippen molar-refractivity contribution in [3.63, 3.8) is 0 Å². The molecule has 0 radical (unpaired) electrons. The molecule has 0 saturated carbocycles. The number of hydrogen-bond acceptors (Lipinski definition) is 1. The van der Waals surface area contributed by atoms with Crippen LogP contribution in [0.4, 0.5) is 13.2 Å². The Morgan fingerprint density at radius 2 is 1.65 bits per heavy atom. The first kappa shape index (κ1) is 13.6. The zero-order valence-electron chi connectivity index (χ0n) is 10.7. The fourth-order valence-electron chi connectivity index (χ4n) is 2.84. The summed E-state index contributed by atoms with van der Waals surface area (Å²) in [6.07, 6.45) is 2.36. The maximum absolute atomic E-state index is 13.3. The highest BCUT2D eigenvalue weighted by molar-refractivity contribution is 7.80. The van der Waals surface area contributed by atoms with Gasteiger partial charge in [-0.05, 0) is 66.1 Å². The van der Waals surface area contributed by atoms with Crippen LogP contribution < -0.4 is 0 Å². The lowest BCUT2D eigenvalue weighted by molar-refractivity contribution is 0.441. The molecule has 0 fully saturated rings. The van der Waals surface area contributed by atoms with Gasteiger partial charge < -0.3 is 0 Å². The summed E-state index contributed by atoms with van der Waals surface area (Å²) in [5.74, 6) is -3.60. The fourth-order valence-corrected chi connectivity index (χ4v) is 3.07. The maximum Gasteiger partial charge on any atom is 0.194 e. The van der Waals surface area contributed by atoms with E-state index in [9.17, 15) is 13.2 Å². The first-order valence-corrected chi connectivity index (χ1v) is 6.94. The Bertz CT molecular complexity index is 644. The zero-order chi connectivity index (χ0) is 14.3. The molecule has 0 aromatic heterocycles. The van der Waals surface area contributed by atoms with Crippen LogP contribution in [-0.4, -0.2) is 0 Å². The quantitative estimate of drug-likeness (QED) is 0.573. The summed E-state index contributed by atoms with van der Waals surface area (Å²) in [7, 11) is 0. The average molecular weight is 294 g/mol. The van der Waals surface area contributed by atoms with Gasteiger partial charge in [0.25, 0.3) is 0 Å². The van der Waals surface area contributed by atoms with E-state index < -0.39 is 17.5 Å². The van der Waals surface area contributed by atoms with Gasteiger partial charge in [-0.1, -0.05) is 6.07 Å². The van der Waals surface area contributed by atoms with Gasteiger partial charge in [-0.15, -0.1) is 12.6 Å². The van der Waals surface area contributed by atoms with Crippen molar-refractivity contribution in [1.82, 2.24) is 0 Å². The lowest BCUT2D eigenvalue weighted by Gasteiger charge is -2.25. The predicted molar refractivity (Wildman–Crippen MR) is 74.8 cm³/mol. The molecule has 1 unspecified atom stereocenters. The van der Waals surface area contributed by atoms with Crippen LogP contribution in [0.1, 0.15) is 29.0 Å². The summed E-state index contributed by atoms with van der Waals surface area (Å²) in [6.45, 7) is 0. The van der Waals surface area contributed by atoms with Crippen molar-refractivity contribution < 1.29 is 13.2 Å². The van der Waals surface area contributed by atoms with Crippen molar-refractivity contribution >= 4 is 12.6 Å². The Morgan fingerprint density at radius 3 is 2.35 bits per heavy atom. The van der Waals surface area contributed by atoms with Crippen molar-refractivity contribution in [2.24, 2.45) is 0 Å². The van der Waals surface area contributed by atoms with Gasteiger partial charge in [0.05, 0.1) is 0 Å². The van der Waals surface area contributed by atoms with Gasteiger partial charge in [0.2, 0.25) is 0 Å². The van der Waals surface area contributed by atoms with Gasteiger partial charge in [-0.2, -0.15) is 0 Å². The minimum atomic E-state index is -1.40. The van der Waals surface area contributed by atoms with Crippen molar-refractivity contribution in [3.05, 3.63) is 64.5 Å². The van der Waals surface area contributed by atoms with Crippen molar-refractivity contribution in [2.45, 2.75) is 30.1 Å². The third-order valence-corrected chi connectivity index (χ3v) is 4.17. The lowest BCUT2D eigenvalue weighted by Crippen LogP contribution is -2.13. The maximum atomic E-state index is 13.3. The molecule has 0 heterocycles. The van der Waals surface area contributed by atoms with Crippen LogP contribution in [0.25, 0.3) is 0 Å². The largest absolute Gasteiger partial charge is 0.204 e. The van der Waals surface area contributed by atoms with E-state index in [4.69, 9.17) is 0 Å². The number of hydrogen-bond donors (Lipinski definition) is 1. The van der Waals surface area contributed by atoms with Crippen LogP contribution in [0, 0.1) is 17.5 Å². The molecule has 0 aliphatic heterocycles. The normalized spacial score (nSPS) is 17.9. The molecule has 0 bridgehead atoms. The van der Waals surface area contributed by atoms with Gasteiger partial charge in [-0.3, -0.25) is 0 Å². The van der Waals surface area contributed by atoms with E-state index in [1.807, 2.05) is 18.2 Å². The lowest BCUT2D eigenvalue weighted by atomic mass is 9.80. The number of aryl methyl sites for hydroxylation is 1. The van der Waals surface area contributed by atoms with Crippen LogP contribution in [-0.2, 0) is 12.8 Å². The number of rotatable bonds is 1. The number of thiol groups is 1. The highest BCUT2D eigenvalue weighted by Gasteiger charge is 2.22. The molecule has 0 spiro atoms. The van der Waals surface area contributed by atoms with Gasteiger partial charge >= 0.3 is 0 Å². The standard InChI is InChI=1S/C16H13F3S/c17-14-7-12(8-15(18)16(14)19)10-1-2-11-6-13(20)4-3-9(11)5-10/h3-4,6-8,10,20H,1-2,5H2. The second-order valence-corrected chi connectivity index (χ2v) is 5.71. The van der Waals surface area contributed by atoms with E-state index in [-0.39, 0.29) is 5.92 Å². The third kappa shape index (κ3) is 2.44. The Hall–Kier alpha value is -1.42. The van der Waals surface area contributed by atoms with Crippen LogP contribution in [0.5, 0.6) is 0 Å². The van der Waals surface area contributed by atoms with Gasteiger partial charge in [0.1, 0.15) is 0 Å². The van der Waals surface area contributed by atoms with E-state index in [0.717, 1.165) is 29.9 Å². The first-order valence-electron chi connectivity index (χ1n) is 6.50. The Balaban J connectivity index is 1.92. The summed E-state index contributed by atoms with van der Waals surface area (Å²) >= 11 is 4.31. The molecule has 0 N–H and O–H groups in total. The molecule has 4 heteroatoms. The fraction of sp³-hybridized carbons (Fsp3) is 0.250. The predicted octanol–water partition coefficient (Wildman–Crippen LogP) is 4.67. The van der Waals surface area contributed by atoms with Crippen LogP contribution in [0.2, 0.25) is 0 Å². The Labute approximate surface area is 121 Å². The van der Waals surface area contributed by atoms with Gasteiger partial charge in [0.15, 0.2) is 17.5 Å². The van der Waals surface area contributed by atoms with E-state index >= 15 is 0 Å². The van der Waals surface area contributed by atoms with E-state index in [1.165, 1.54) is 11.1 Å². The summed E-state index contributed by atoms with van der Waals surface area (Å²) < 4.78 is 39.6. The van der Waals surface area contributed by atoms with E-state index in [0.29, 0.717) is 12.0 Å². The van der Waals surface area contributed by atoms with Crippen molar-refractivity contribution in [3.8, 4) is 0 Å². The van der Waals surface area contributed by atoms with Gasteiger partial charge in [-0.25, -0.2) is 13.2 Å². The summed E-state index contributed by atoms with van der Waals surface area (Å²) in [5.41, 5.74) is 2.93. The number of benzene rings is 2. The molecule has 0 nitrogen and oxygen atoms in total. The third-order valence-electron chi connectivity index (χ3n) is 3.90. The van der Waals surface area contributed by atoms with Crippen molar-refractivity contribution in [2.75, 3.05) is 0 Å². The molecule has 2 aromatic carbocycles. The molecular formula is C16H13F3S. The minimum absolute atomic E-state index is 0.0258. The topological polar surface area (TPSA) is 0 Å². The number of halogens is 3. The highest BCUT2D eigenvalue weighted by atomic mass is 32.1. The van der Waals surface area contributed by atoms with Gasteiger partial charge in [0, 0.05) is 4.90 Å². The molecule has 1 aliphatic rings. The summed E-state index contributed by atoms with van der Waals surface area (Å²) in [5, 5.41) is 0. The van der Waals surface area contributed by atoms with Crippen LogP contribution >= 0.6 is 12.6 Å². The second kappa shape index (κ2) is 5.17. The molecule has 3 rings (SSSR count). The molecule has 0 saturated heterocycles. The summed E-state index contributed by atoms with van der Waals surface area (Å²) in [4.78, 5) is 0.918. The molecule has 104 valence electrons. The molecular weight excluding hydrogens is 281 g/mol. The molecule has 20 heavy (non-hydrogen) atoms. The first-order chi connectivity index (χ1) is 9.54. The monoisotopic (exact) mass is 294 g/mol. The molecule has 1 aliphatic carbocycles. The van der Waals surface area contributed by atoms with Crippen LogP contribution in [0.3, 0.4) is 0 Å². The van der Waals surface area contributed by atoms with Crippen LogP contribution in [0.15, 0.2) is 35.2 Å². The highest BCUT2D eigenvalue weighted by Crippen LogP contribution is 2.34. The SMILES string of the molecule is Fc1cc(C2CCc3cc(S)ccc3C2)cc(F)c1F. The molecule has 0 amide bonds. The van der Waals surface area contributed by atoms with E-state index in [1.54, 1.807) is 0 Å². The summed E-state index contributed by atoms with van der Waals surface area (Å²) in [6, 6.07) is 8.17. The molecule has 1 atom stereocenters. The minimum Gasteiger partial charge on any atom is -0.204 e.